The number of aliphatic hydroxyl groups is 1. The van der Waals surface area contributed by atoms with E-state index in [9.17, 15) is 13.9 Å². The van der Waals surface area contributed by atoms with Gasteiger partial charge in [0.1, 0.15) is 11.6 Å². The highest BCUT2D eigenvalue weighted by Crippen LogP contribution is 2.24. The average Bonchev–Trinajstić information content (AvgIpc) is 2.18. The van der Waals surface area contributed by atoms with Crippen LogP contribution in [0.1, 0.15) is 30.9 Å². The highest BCUT2D eigenvalue weighted by molar-refractivity contribution is 5.21. The van der Waals surface area contributed by atoms with E-state index in [1.165, 1.54) is 6.07 Å². The van der Waals surface area contributed by atoms with Gasteiger partial charge in [-0.1, -0.05) is 6.07 Å². The van der Waals surface area contributed by atoms with Gasteiger partial charge >= 0.3 is 0 Å². The van der Waals surface area contributed by atoms with Crippen LogP contribution in [0, 0.1) is 11.6 Å². The van der Waals surface area contributed by atoms with Gasteiger partial charge in [0.2, 0.25) is 0 Å². The van der Waals surface area contributed by atoms with E-state index in [1.807, 2.05) is 0 Å². The normalized spacial score (nSPS) is 12.8. The number of aliphatic hydroxyl groups excluding tert-OH is 1. The van der Waals surface area contributed by atoms with Gasteiger partial charge < -0.3 is 10.8 Å². The molecule has 0 amide bonds. The Kier molecular flexibility index (Phi) is 4.65. The molecule has 0 bridgehead atoms. The number of benzene rings is 1. The first kappa shape index (κ1) is 12.1. The second kappa shape index (κ2) is 5.78. The average molecular weight is 215 g/mol. The second-order valence-corrected chi connectivity index (χ2v) is 3.44. The monoisotopic (exact) mass is 215 g/mol. The molecular weight excluding hydrogens is 200 g/mol. The molecule has 84 valence electrons. The van der Waals surface area contributed by atoms with Crippen LogP contribution in [0.2, 0.25) is 0 Å². The summed E-state index contributed by atoms with van der Waals surface area (Å²) in [7, 11) is 0. The Bertz CT molecular complexity index is 297. The van der Waals surface area contributed by atoms with E-state index < -0.39 is 17.7 Å². The van der Waals surface area contributed by atoms with Crippen molar-refractivity contribution >= 4 is 0 Å². The van der Waals surface area contributed by atoms with E-state index in [2.05, 4.69) is 0 Å². The molecule has 4 heteroatoms. The fraction of sp³-hybridized carbons (Fsp3) is 0.455. The summed E-state index contributed by atoms with van der Waals surface area (Å²) in [6.07, 6.45) is 0.644. The molecule has 1 atom stereocenters. The van der Waals surface area contributed by atoms with Crippen molar-refractivity contribution < 1.29 is 13.9 Å². The van der Waals surface area contributed by atoms with Crippen molar-refractivity contribution in [1.82, 2.24) is 0 Å². The third-order valence-corrected chi connectivity index (χ3v) is 2.26. The third kappa shape index (κ3) is 3.25. The van der Waals surface area contributed by atoms with E-state index >= 15 is 0 Å². The molecule has 0 fully saturated rings. The Morgan fingerprint density at radius 3 is 2.33 bits per heavy atom. The van der Waals surface area contributed by atoms with Crippen LogP contribution in [-0.2, 0) is 0 Å². The Labute approximate surface area is 87.7 Å². The van der Waals surface area contributed by atoms with Gasteiger partial charge in [-0.3, -0.25) is 0 Å². The Balaban J connectivity index is 2.68. The van der Waals surface area contributed by atoms with Crippen molar-refractivity contribution in [2.45, 2.75) is 25.4 Å². The van der Waals surface area contributed by atoms with Crippen LogP contribution in [0.15, 0.2) is 18.2 Å². The van der Waals surface area contributed by atoms with Crippen LogP contribution in [-0.4, -0.2) is 11.7 Å². The van der Waals surface area contributed by atoms with Gasteiger partial charge in [-0.15, -0.1) is 0 Å². The summed E-state index contributed by atoms with van der Waals surface area (Å²) in [6, 6.07) is 3.57. The SMILES string of the molecule is NCCCC[C@H](O)c1c(F)cccc1F. The topological polar surface area (TPSA) is 46.2 Å². The van der Waals surface area contributed by atoms with Crippen molar-refractivity contribution in [3.8, 4) is 0 Å². The summed E-state index contributed by atoms with van der Waals surface area (Å²) in [6.45, 7) is 0.520. The maximum absolute atomic E-state index is 13.2. The molecule has 15 heavy (non-hydrogen) atoms. The van der Waals surface area contributed by atoms with E-state index in [1.54, 1.807) is 0 Å². The van der Waals surface area contributed by atoms with Crippen LogP contribution in [0.5, 0.6) is 0 Å². The molecule has 0 heterocycles. The summed E-state index contributed by atoms with van der Waals surface area (Å²) < 4.78 is 26.4. The van der Waals surface area contributed by atoms with E-state index in [4.69, 9.17) is 5.73 Å². The molecule has 0 radical (unpaired) electrons. The molecule has 0 aliphatic carbocycles. The molecule has 0 aliphatic rings. The molecule has 1 aromatic rings. The van der Waals surface area contributed by atoms with Crippen LogP contribution in [0.4, 0.5) is 8.78 Å². The van der Waals surface area contributed by atoms with Crippen LogP contribution in [0.3, 0.4) is 0 Å². The molecule has 1 aromatic carbocycles. The van der Waals surface area contributed by atoms with E-state index in [0.717, 1.165) is 18.6 Å². The minimum absolute atomic E-state index is 0.241. The first-order valence-corrected chi connectivity index (χ1v) is 4.99. The fourth-order valence-electron chi connectivity index (χ4n) is 1.46. The molecule has 0 aliphatic heterocycles. The molecule has 0 spiro atoms. The summed E-state index contributed by atoms with van der Waals surface area (Å²) in [5.41, 5.74) is 5.04. The lowest BCUT2D eigenvalue weighted by Crippen LogP contribution is -2.05. The number of hydrogen-bond acceptors (Lipinski definition) is 2. The largest absolute Gasteiger partial charge is 0.388 e. The number of halogens is 2. The lowest BCUT2D eigenvalue weighted by molar-refractivity contribution is 0.154. The number of rotatable bonds is 5. The second-order valence-electron chi connectivity index (χ2n) is 3.44. The lowest BCUT2D eigenvalue weighted by atomic mass is 10.0. The number of hydrogen-bond donors (Lipinski definition) is 2. The Morgan fingerprint density at radius 2 is 1.80 bits per heavy atom. The predicted molar refractivity (Wildman–Crippen MR) is 54.2 cm³/mol. The molecule has 2 nitrogen and oxygen atoms in total. The van der Waals surface area contributed by atoms with Gasteiger partial charge in [-0.05, 0) is 37.9 Å². The highest BCUT2D eigenvalue weighted by Gasteiger charge is 2.16. The number of unbranched alkanes of at least 4 members (excludes halogenated alkanes) is 1. The summed E-state index contributed by atoms with van der Waals surface area (Å²) in [4.78, 5) is 0. The molecule has 0 aromatic heterocycles. The van der Waals surface area contributed by atoms with E-state index in [0.29, 0.717) is 19.4 Å². The fourth-order valence-corrected chi connectivity index (χ4v) is 1.46. The zero-order valence-corrected chi connectivity index (χ0v) is 8.42. The van der Waals surface area contributed by atoms with Crippen molar-refractivity contribution in [3.63, 3.8) is 0 Å². The summed E-state index contributed by atoms with van der Waals surface area (Å²) >= 11 is 0. The standard InChI is InChI=1S/C11H15F2NO/c12-8-4-3-5-9(13)11(8)10(15)6-1-2-7-14/h3-5,10,15H,1-2,6-7,14H2/t10-/m0/s1. The quantitative estimate of drug-likeness (QED) is 0.739. The minimum atomic E-state index is -1.09. The van der Waals surface area contributed by atoms with Gasteiger partial charge in [0.25, 0.3) is 0 Å². The molecule has 0 saturated carbocycles. The van der Waals surface area contributed by atoms with Gasteiger partial charge in [0.05, 0.1) is 11.7 Å². The van der Waals surface area contributed by atoms with Gasteiger partial charge in [0, 0.05) is 0 Å². The Morgan fingerprint density at radius 1 is 1.20 bits per heavy atom. The third-order valence-electron chi connectivity index (χ3n) is 2.26. The molecule has 0 saturated heterocycles. The van der Waals surface area contributed by atoms with Crippen molar-refractivity contribution in [3.05, 3.63) is 35.4 Å². The zero-order valence-electron chi connectivity index (χ0n) is 8.42. The maximum atomic E-state index is 13.2. The van der Waals surface area contributed by atoms with Crippen LogP contribution in [0.25, 0.3) is 0 Å². The van der Waals surface area contributed by atoms with Gasteiger partial charge in [0.15, 0.2) is 0 Å². The van der Waals surface area contributed by atoms with Crippen molar-refractivity contribution in [2.75, 3.05) is 6.54 Å². The maximum Gasteiger partial charge on any atom is 0.131 e. The van der Waals surface area contributed by atoms with Gasteiger partial charge in [-0.25, -0.2) is 8.78 Å². The highest BCUT2D eigenvalue weighted by atomic mass is 19.1. The first-order chi connectivity index (χ1) is 7.16. The van der Waals surface area contributed by atoms with Crippen molar-refractivity contribution in [1.29, 1.82) is 0 Å². The number of nitrogens with two attached hydrogens (primary N) is 1. The smallest absolute Gasteiger partial charge is 0.131 e. The summed E-state index contributed by atoms with van der Waals surface area (Å²) in [5.74, 6) is -1.40. The predicted octanol–water partition coefficient (Wildman–Crippen LogP) is 2.13. The summed E-state index contributed by atoms with van der Waals surface area (Å²) in [5, 5.41) is 9.59. The molecule has 1 rings (SSSR count). The lowest BCUT2D eigenvalue weighted by Gasteiger charge is -2.12. The zero-order chi connectivity index (χ0) is 11.3. The van der Waals surface area contributed by atoms with Crippen LogP contribution < -0.4 is 5.73 Å². The van der Waals surface area contributed by atoms with Crippen molar-refractivity contribution in [2.24, 2.45) is 5.73 Å². The first-order valence-electron chi connectivity index (χ1n) is 4.99. The molecule has 3 N–H and O–H groups in total. The van der Waals surface area contributed by atoms with Gasteiger partial charge in [-0.2, -0.15) is 0 Å². The van der Waals surface area contributed by atoms with Crippen LogP contribution >= 0.6 is 0 Å². The molecular formula is C11H15F2NO. The Hall–Kier alpha value is -1.00. The van der Waals surface area contributed by atoms with E-state index in [-0.39, 0.29) is 5.56 Å². The molecule has 0 unspecified atom stereocenters. The minimum Gasteiger partial charge on any atom is -0.388 e.